The Kier molecular flexibility index (Phi) is 9.41. The highest BCUT2D eigenvalue weighted by atomic mass is 19.4. The molecule has 0 radical (unpaired) electrons. The van der Waals surface area contributed by atoms with Crippen molar-refractivity contribution in [3.63, 3.8) is 0 Å². The van der Waals surface area contributed by atoms with Crippen LogP contribution in [-0.4, -0.2) is 62.5 Å². The normalized spacial score (nSPS) is 18.2. The van der Waals surface area contributed by atoms with Crippen LogP contribution in [0.25, 0.3) is 0 Å². The van der Waals surface area contributed by atoms with Crippen molar-refractivity contribution >= 4 is 17.5 Å². The second kappa shape index (κ2) is 12.3. The maximum absolute atomic E-state index is 12.9. The van der Waals surface area contributed by atoms with Gasteiger partial charge in [-0.05, 0) is 49.9 Å². The molecule has 0 aromatic heterocycles. The van der Waals surface area contributed by atoms with Gasteiger partial charge in [0.1, 0.15) is 0 Å². The van der Waals surface area contributed by atoms with Gasteiger partial charge in [-0.25, -0.2) is 0 Å². The lowest BCUT2D eigenvalue weighted by Crippen LogP contribution is -2.47. The van der Waals surface area contributed by atoms with E-state index < -0.39 is 11.7 Å². The minimum absolute atomic E-state index is 0.0151. The molecule has 9 heteroatoms. The van der Waals surface area contributed by atoms with Gasteiger partial charge in [-0.2, -0.15) is 13.2 Å². The van der Waals surface area contributed by atoms with E-state index in [-0.39, 0.29) is 18.4 Å². The van der Waals surface area contributed by atoms with Crippen LogP contribution in [0.4, 0.5) is 18.9 Å². The molecule has 1 aliphatic heterocycles. The lowest BCUT2D eigenvalue weighted by atomic mass is 9.87. The van der Waals surface area contributed by atoms with Gasteiger partial charge in [0.25, 0.3) is 0 Å². The highest BCUT2D eigenvalue weighted by Crippen LogP contribution is 2.32. The SMILES string of the molecule is O=C(CNC(=O)CC1CCCCC1)NCCCN1CCN(c2cccc(C(F)(F)F)c2)CC1. The summed E-state index contributed by atoms with van der Waals surface area (Å²) in [4.78, 5) is 28.2. The van der Waals surface area contributed by atoms with Gasteiger partial charge in [0, 0.05) is 44.8 Å². The molecule has 1 aliphatic carbocycles. The van der Waals surface area contributed by atoms with Crippen LogP contribution in [0.5, 0.6) is 0 Å². The summed E-state index contributed by atoms with van der Waals surface area (Å²) >= 11 is 0. The number of alkyl halides is 3. The van der Waals surface area contributed by atoms with Crippen molar-refractivity contribution in [2.75, 3.05) is 50.7 Å². The van der Waals surface area contributed by atoms with E-state index >= 15 is 0 Å². The van der Waals surface area contributed by atoms with E-state index in [0.717, 1.165) is 45.0 Å². The van der Waals surface area contributed by atoms with Crippen molar-refractivity contribution in [2.24, 2.45) is 5.92 Å². The van der Waals surface area contributed by atoms with Crippen LogP contribution in [0.1, 0.15) is 50.5 Å². The molecule has 2 fully saturated rings. The summed E-state index contributed by atoms with van der Waals surface area (Å²) in [5.74, 6) is 0.230. The summed E-state index contributed by atoms with van der Waals surface area (Å²) in [5.41, 5.74) is -0.0226. The zero-order valence-corrected chi connectivity index (χ0v) is 19.1. The predicted molar refractivity (Wildman–Crippen MR) is 122 cm³/mol. The van der Waals surface area contributed by atoms with Gasteiger partial charge < -0.3 is 15.5 Å². The van der Waals surface area contributed by atoms with Gasteiger partial charge in [0.2, 0.25) is 11.8 Å². The van der Waals surface area contributed by atoms with E-state index in [2.05, 4.69) is 15.5 Å². The first-order valence-electron chi connectivity index (χ1n) is 12.0. The third-order valence-corrected chi connectivity index (χ3v) is 6.53. The van der Waals surface area contributed by atoms with E-state index in [1.165, 1.54) is 31.4 Å². The fourth-order valence-electron chi connectivity index (χ4n) is 4.61. The Morgan fingerprint density at radius 1 is 0.970 bits per heavy atom. The summed E-state index contributed by atoms with van der Waals surface area (Å²) in [5, 5.41) is 5.56. The molecule has 0 unspecified atom stereocenters. The van der Waals surface area contributed by atoms with E-state index in [4.69, 9.17) is 0 Å². The largest absolute Gasteiger partial charge is 0.416 e. The van der Waals surface area contributed by atoms with Crippen LogP contribution in [-0.2, 0) is 15.8 Å². The Hall–Kier alpha value is -2.29. The number of carbonyl (C=O) groups excluding carboxylic acids is 2. The number of hydrogen-bond donors (Lipinski definition) is 2. The lowest BCUT2D eigenvalue weighted by Gasteiger charge is -2.36. The molecule has 1 aromatic carbocycles. The Labute approximate surface area is 193 Å². The molecular formula is C24H35F3N4O2. The Balaban J connectivity index is 1.26. The topological polar surface area (TPSA) is 64.7 Å². The van der Waals surface area contributed by atoms with E-state index in [1.54, 1.807) is 6.07 Å². The first-order chi connectivity index (χ1) is 15.8. The fraction of sp³-hybridized carbons (Fsp3) is 0.667. The average Bonchev–Trinajstić information content (AvgIpc) is 2.81. The maximum Gasteiger partial charge on any atom is 0.416 e. The Morgan fingerprint density at radius 2 is 1.70 bits per heavy atom. The quantitative estimate of drug-likeness (QED) is 0.545. The molecule has 33 heavy (non-hydrogen) atoms. The van der Waals surface area contributed by atoms with E-state index in [0.29, 0.717) is 37.7 Å². The molecule has 184 valence electrons. The molecule has 1 saturated heterocycles. The average molecular weight is 469 g/mol. The summed E-state index contributed by atoms with van der Waals surface area (Å²) in [7, 11) is 0. The second-order valence-corrected chi connectivity index (χ2v) is 9.07. The first-order valence-corrected chi connectivity index (χ1v) is 12.0. The summed E-state index contributed by atoms with van der Waals surface area (Å²) < 4.78 is 38.8. The van der Waals surface area contributed by atoms with Gasteiger partial charge in [-0.15, -0.1) is 0 Å². The van der Waals surface area contributed by atoms with Crippen LogP contribution in [0.15, 0.2) is 24.3 Å². The van der Waals surface area contributed by atoms with Crippen LogP contribution in [0.2, 0.25) is 0 Å². The zero-order chi connectivity index (χ0) is 23.7. The number of nitrogens with one attached hydrogen (secondary N) is 2. The molecule has 0 spiro atoms. The molecule has 1 aromatic rings. The molecule has 1 heterocycles. The fourth-order valence-corrected chi connectivity index (χ4v) is 4.61. The van der Waals surface area contributed by atoms with Crippen LogP contribution in [0, 0.1) is 5.92 Å². The number of benzene rings is 1. The Bertz CT molecular complexity index is 773. The van der Waals surface area contributed by atoms with Gasteiger partial charge in [-0.1, -0.05) is 25.3 Å². The molecule has 2 aliphatic rings. The zero-order valence-electron chi connectivity index (χ0n) is 19.1. The number of amides is 2. The van der Waals surface area contributed by atoms with Crippen molar-refractivity contribution in [2.45, 2.75) is 51.1 Å². The lowest BCUT2D eigenvalue weighted by molar-refractivity contribution is -0.137. The number of carbonyl (C=O) groups is 2. The van der Waals surface area contributed by atoms with E-state index in [1.807, 2.05) is 4.90 Å². The first kappa shape index (κ1) is 25.3. The second-order valence-electron chi connectivity index (χ2n) is 9.07. The molecular weight excluding hydrogens is 433 g/mol. The smallest absolute Gasteiger partial charge is 0.369 e. The van der Waals surface area contributed by atoms with Crippen LogP contribution < -0.4 is 15.5 Å². The molecule has 1 saturated carbocycles. The van der Waals surface area contributed by atoms with E-state index in [9.17, 15) is 22.8 Å². The molecule has 2 amide bonds. The molecule has 3 rings (SSSR count). The van der Waals surface area contributed by atoms with Crippen molar-refractivity contribution in [3.05, 3.63) is 29.8 Å². The molecule has 2 N–H and O–H groups in total. The standard InChI is InChI=1S/C24H35F3N4O2/c25-24(26,27)20-8-4-9-21(17-20)31-14-12-30(13-15-31)11-5-10-28-23(33)18-29-22(32)16-19-6-2-1-3-7-19/h4,8-9,17,19H,1-3,5-7,10-16,18H2,(H,28,33)(H,29,32). The molecule has 6 nitrogen and oxygen atoms in total. The number of anilines is 1. The van der Waals surface area contributed by atoms with Gasteiger partial charge in [0.05, 0.1) is 12.1 Å². The number of nitrogens with zero attached hydrogens (tertiary/aromatic N) is 2. The minimum Gasteiger partial charge on any atom is -0.369 e. The Morgan fingerprint density at radius 3 is 2.39 bits per heavy atom. The minimum atomic E-state index is -4.33. The van der Waals surface area contributed by atoms with Gasteiger partial charge in [0.15, 0.2) is 0 Å². The van der Waals surface area contributed by atoms with Crippen LogP contribution >= 0.6 is 0 Å². The molecule has 0 atom stereocenters. The van der Waals surface area contributed by atoms with Crippen LogP contribution in [0.3, 0.4) is 0 Å². The van der Waals surface area contributed by atoms with Gasteiger partial charge in [-0.3, -0.25) is 14.5 Å². The highest BCUT2D eigenvalue weighted by Gasteiger charge is 2.31. The number of halogens is 3. The van der Waals surface area contributed by atoms with Gasteiger partial charge >= 0.3 is 6.18 Å². The van der Waals surface area contributed by atoms with Crippen molar-refractivity contribution < 1.29 is 22.8 Å². The highest BCUT2D eigenvalue weighted by molar-refractivity contribution is 5.84. The summed E-state index contributed by atoms with van der Waals surface area (Å²) in [6.07, 6.45) is 2.82. The monoisotopic (exact) mass is 468 g/mol. The molecule has 0 bridgehead atoms. The summed E-state index contributed by atoms with van der Waals surface area (Å²) in [6, 6.07) is 5.47. The van der Waals surface area contributed by atoms with Crippen molar-refractivity contribution in [3.8, 4) is 0 Å². The number of rotatable bonds is 9. The number of piperazine rings is 1. The summed E-state index contributed by atoms with van der Waals surface area (Å²) in [6.45, 7) is 4.22. The number of hydrogen-bond acceptors (Lipinski definition) is 4. The van der Waals surface area contributed by atoms with Crippen molar-refractivity contribution in [1.29, 1.82) is 0 Å². The van der Waals surface area contributed by atoms with Crippen molar-refractivity contribution in [1.82, 2.24) is 15.5 Å². The third-order valence-electron chi connectivity index (χ3n) is 6.53. The predicted octanol–water partition coefficient (Wildman–Crippen LogP) is 3.42. The maximum atomic E-state index is 12.9. The third kappa shape index (κ3) is 8.53.